The molecule has 2 heteroatoms. The summed E-state index contributed by atoms with van der Waals surface area (Å²) < 4.78 is 0. The molecule has 2 atom stereocenters. The molecular weight excluding hydrogens is 164 g/mol. The van der Waals surface area contributed by atoms with E-state index >= 15 is 0 Å². The highest BCUT2D eigenvalue weighted by molar-refractivity contribution is 5.69. The molecule has 0 heterocycles. The summed E-state index contributed by atoms with van der Waals surface area (Å²) in [6.07, 6.45) is 5.95. The van der Waals surface area contributed by atoms with Crippen LogP contribution in [0.15, 0.2) is 12.7 Å². The molecule has 0 aliphatic carbocycles. The van der Waals surface area contributed by atoms with Crippen LogP contribution >= 0.6 is 0 Å². The molecule has 1 N–H and O–H groups in total. The van der Waals surface area contributed by atoms with E-state index in [1.54, 1.807) is 6.92 Å². The average Bonchev–Trinajstić information content (AvgIpc) is 2.04. The third-order valence-corrected chi connectivity index (χ3v) is 2.28. The highest BCUT2D eigenvalue weighted by Crippen LogP contribution is 2.17. The molecule has 13 heavy (non-hydrogen) atoms. The second kappa shape index (κ2) is 6.70. The van der Waals surface area contributed by atoms with Crippen molar-refractivity contribution in [2.24, 2.45) is 11.8 Å². The van der Waals surface area contributed by atoms with Crippen molar-refractivity contribution in [1.29, 1.82) is 0 Å². The molecule has 0 bridgehead atoms. The summed E-state index contributed by atoms with van der Waals surface area (Å²) in [4.78, 5) is 10.5. The Labute approximate surface area is 80.7 Å². The molecule has 0 rings (SSSR count). The van der Waals surface area contributed by atoms with E-state index < -0.39 is 5.97 Å². The summed E-state index contributed by atoms with van der Waals surface area (Å²) in [7, 11) is 0. The summed E-state index contributed by atoms with van der Waals surface area (Å²) in [5.74, 6) is -0.389. The van der Waals surface area contributed by atoms with Gasteiger partial charge in [-0.15, -0.1) is 6.58 Å². The van der Waals surface area contributed by atoms with Crippen LogP contribution in [0.3, 0.4) is 0 Å². The molecule has 0 aliphatic rings. The summed E-state index contributed by atoms with van der Waals surface area (Å²) in [6.45, 7) is 7.54. The van der Waals surface area contributed by atoms with E-state index in [-0.39, 0.29) is 5.92 Å². The zero-order chi connectivity index (χ0) is 10.3. The minimum Gasteiger partial charge on any atom is -0.481 e. The fraction of sp³-hybridized carbons (Fsp3) is 0.727. The van der Waals surface area contributed by atoms with Crippen LogP contribution in [0.2, 0.25) is 0 Å². The molecule has 76 valence electrons. The standard InChI is InChI=1S/C11H20O2/c1-4-5-6-7-9(2)8-10(3)11(12)13/h4,9-10H,1,5-8H2,2-3H3,(H,12,13). The number of carboxylic acids is 1. The second-order valence-corrected chi connectivity index (χ2v) is 3.80. The van der Waals surface area contributed by atoms with E-state index in [0.29, 0.717) is 5.92 Å². The highest BCUT2D eigenvalue weighted by Gasteiger charge is 2.14. The van der Waals surface area contributed by atoms with Gasteiger partial charge in [-0.1, -0.05) is 26.3 Å². The molecule has 0 amide bonds. The number of aliphatic carboxylic acids is 1. The monoisotopic (exact) mass is 184 g/mol. The van der Waals surface area contributed by atoms with Crippen molar-refractivity contribution in [3.05, 3.63) is 12.7 Å². The molecule has 0 aromatic carbocycles. The van der Waals surface area contributed by atoms with Gasteiger partial charge in [0.05, 0.1) is 5.92 Å². The van der Waals surface area contributed by atoms with Crippen molar-refractivity contribution in [1.82, 2.24) is 0 Å². The lowest BCUT2D eigenvalue weighted by Crippen LogP contribution is -2.13. The molecule has 0 spiro atoms. The van der Waals surface area contributed by atoms with Crippen molar-refractivity contribution < 1.29 is 9.90 Å². The second-order valence-electron chi connectivity index (χ2n) is 3.80. The molecule has 0 aromatic heterocycles. The Morgan fingerprint density at radius 3 is 2.62 bits per heavy atom. The van der Waals surface area contributed by atoms with Crippen LogP contribution in [-0.2, 0) is 4.79 Å². The minimum absolute atomic E-state index is 0.210. The maximum absolute atomic E-state index is 10.5. The Morgan fingerprint density at radius 2 is 2.15 bits per heavy atom. The molecule has 2 unspecified atom stereocenters. The molecule has 0 aliphatic heterocycles. The van der Waals surface area contributed by atoms with Gasteiger partial charge in [-0.05, 0) is 25.2 Å². The van der Waals surface area contributed by atoms with E-state index in [1.807, 2.05) is 6.08 Å². The van der Waals surface area contributed by atoms with Crippen molar-refractivity contribution >= 4 is 5.97 Å². The molecule has 0 saturated heterocycles. The molecule has 0 aromatic rings. The number of hydrogen-bond acceptors (Lipinski definition) is 1. The number of unbranched alkanes of at least 4 members (excludes halogenated alkanes) is 1. The fourth-order valence-corrected chi connectivity index (χ4v) is 1.43. The van der Waals surface area contributed by atoms with Crippen LogP contribution in [0.1, 0.15) is 39.5 Å². The van der Waals surface area contributed by atoms with Gasteiger partial charge in [0.25, 0.3) is 0 Å². The first kappa shape index (κ1) is 12.2. The lowest BCUT2D eigenvalue weighted by Gasteiger charge is -2.13. The van der Waals surface area contributed by atoms with Crippen molar-refractivity contribution in [2.75, 3.05) is 0 Å². The van der Waals surface area contributed by atoms with Crippen molar-refractivity contribution in [3.63, 3.8) is 0 Å². The summed E-state index contributed by atoms with van der Waals surface area (Å²) in [5.41, 5.74) is 0. The largest absolute Gasteiger partial charge is 0.481 e. The summed E-state index contributed by atoms with van der Waals surface area (Å²) in [5, 5.41) is 8.69. The van der Waals surface area contributed by atoms with Gasteiger partial charge < -0.3 is 5.11 Å². The van der Waals surface area contributed by atoms with E-state index in [2.05, 4.69) is 13.5 Å². The number of carboxylic acid groups (broad SMARTS) is 1. The summed E-state index contributed by atoms with van der Waals surface area (Å²) >= 11 is 0. The van der Waals surface area contributed by atoms with E-state index in [4.69, 9.17) is 5.11 Å². The van der Waals surface area contributed by atoms with Crippen LogP contribution in [0.25, 0.3) is 0 Å². The van der Waals surface area contributed by atoms with Gasteiger partial charge in [0.2, 0.25) is 0 Å². The zero-order valence-electron chi connectivity index (χ0n) is 8.62. The number of carbonyl (C=O) groups is 1. The van der Waals surface area contributed by atoms with Crippen molar-refractivity contribution in [3.8, 4) is 0 Å². The van der Waals surface area contributed by atoms with Gasteiger partial charge in [-0.2, -0.15) is 0 Å². The van der Waals surface area contributed by atoms with E-state index in [1.165, 1.54) is 0 Å². The van der Waals surface area contributed by atoms with Crippen molar-refractivity contribution in [2.45, 2.75) is 39.5 Å². The number of allylic oxidation sites excluding steroid dienone is 1. The average molecular weight is 184 g/mol. The Morgan fingerprint density at radius 1 is 1.54 bits per heavy atom. The molecule has 0 saturated carbocycles. The van der Waals surface area contributed by atoms with Crippen LogP contribution in [0.4, 0.5) is 0 Å². The van der Waals surface area contributed by atoms with Crippen LogP contribution in [-0.4, -0.2) is 11.1 Å². The molecule has 0 fully saturated rings. The maximum Gasteiger partial charge on any atom is 0.306 e. The smallest absolute Gasteiger partial charge is 0.306 e. The Bertz CT molecular complexity index is 163. The Kier molecular flexibility index (Phi) is 6.29. The van der Waals surface area contributed by atoms with E-state index in [9.17, 15) is 4.79 Å². The third-order valence-electron chi connectivity index (χ3n) is 2.28. The zero-order valence-corrected chi connectivity index (χ0v) is 8.62. The predicted molar refractivity (Wildman–Crippen MR) is 54.6 cm³/mol. The van der Waals surface area contributed by atoms with Crippen LogP contribution < -0.4 is 0 Å². The van der Waals surface area contributed by atoms with Crippen LogP contribution in [0.5, 0.6) is 0 Å². The first-order chi connectivity index (χ1) is 6.07. The third kappa shape index (κ3) is 6.38. The fourth-order valence-electron chi connectivity index (χ4n) is 1.43. The number of rotatable bonds is 7. The maximum atomic E-state index is 10.5. The SMILES string of the molecule is C=CCCCC(C)CC(C)C(=O)O. The number of hydrogen-bond donors (Lipinski definition) is 1. The topological polar surface area (TPSA) is 37.3 Å². The normalized spacial score (nSPS) is 14.9. The Hall–Kier alpha value is -0.790. The lowest BCUT2D eigenvalue weighted by atomic mass is 9.93. The quantitative estimate of drug-likeness (QED) is 0.487. The van der Waals surface area contributed by atoms with Gasteiger partial charge >= 0.3 is 5.97 Å². The van der Waals surface area contributed by atoms with Gasteiger partial charge in [-0.3, -0.25) is 4.79 Å². The van der Waals surface area contributed by atoms with Gasteiger partial charge in [0.15, 0.2) is 0 Å². The van der Waals surface area contributed by atoms with E-state index in [0.717, 1.165) is 25.7 Å². The van der Waals surface area contributed by atoms with Crippen LogP contribution in [0, 0.1) is 11.8 Å². The Balaban J connectivity index is 3.54. The lowest BCUT2D eigenvalue weighted by molar-refractivity contribution is -0.141. The highest BCUT2D eigenvalue weighted by atomic mass is 16.4. The molecular formula is C11H20O2. The van der Waals surface area contributed by atoms with Gasteiger partial charge in [0, 0.05) is 0 Å². The predicted octanol–water partition coefficient (Wildman–Crippen LogP) is 3.09. The minimum atomic E-state index is -0.685. The first-order valence-electron chi connectivity index (χ1n) is 4.91. The molecule has 2 nitrogen and oxygen atoms in total. The van der Waals surface area contributed by atoms with Gasteiger partial charge in [-0.25, -0.2) is 0 Å². The molecule has 0 radical (unpaired) electrons. The summed E-state index contributed by atoms with van der Waals surface area (Å²) in [6, 6.07) is 0. The van der Waals surface area contributed by atoms with Gasteiger partial charge in [0.1, 0.15) is 0 Å². The first-order valence-corrected chi connectivity index (χ1v) is 4.91.